The van der Waals surface area contributed by atoms with E-state index >= 15 is 0 Å². The van der Waals surface area contributed by atoms with E-state index in [0.29, 0.717) is 11.7 Å². The van der Waals surface area contributed by atoms with E-state index < -0.39 is 0 Å². The van der Waals surface area contributed by atoms with Crippen molar-refractivity contribution in [2.45, 2.75) is 26.4 Å². The average molecular weight is 207 g/mol. The zero-order chi connectivity index (χ0) is 10.8. The number of nitrogens with two attached hydrogens (primary N) is 1. The van der Waals surface area contributed by atoms with Gasteiger partial charge in [-0.15, -0.1) is 0 Å². The summed E-state index contributed by atoms with van der Waals surface area (Å²) in [5, 5.41) is 7.96. The molecular weight excluding hydrogens is 194 g/mol. The second-order valence-corrected chi connectivity index (χ2v) is 3.33. The minimum absolute atomic E-state index is 0.243. The van der Waals surface area contributed by atoms with Crippen molar-refractivity contribution < 1.29 is 4.52 Å². The van der Waals surface area contributed by atoms with Crippen LogP contribution >= 0.6 is 0 Å². The Hall–Kier alpha value is -1.69. The molecule has 2 rings (SSSR count). The Morgan fingerprint density at radius 1 is 1.60 bits per heavy atom. The maximum Gasteiger partial charge on any atom is 0.243 e. The van der Waals surface area contributed by atoms with E-state index in [1.807, 2.05) is 13.1 Å². The van der Waals surface area contributed by atoms with Crippen molar-refractivity contribution in [3.8, 4) is 11.4 Å². The molecule has 0 aliphatic heterocycles. The first-order valence-electron chi connectivity index (χ1n) is 4.82. The SMILES string of the molecule is CCn1cc(-c2noc([C@H](C)N)n2)cn1. The molecule has 0 fully saturated rings. The zero-order valence-corrected chi connectivity index (χ0v) is 8.71. The van der Waals surface area contributed by atoms with E-state index in [9.17, 15) is 0 Å². The van der Waals surface area contributed by atoms with E-state index in [4.69, 9.17) is 10.3 Å². The average Bonchev–Trinajstić information content (AvgIpc) is 2.86. The van der Waals surface area contributed by atoms with Crippen LogP contribution in [0.1, 0.15) is 25.8 Å². The summed E-state index contributed by atoms with van der Waals surface area (Å²) in [6.45, 7) is 4.63. The number of hydrogen-bond acceptors (Lipinski definition) is 5. The van der Waals surface area contributed by atoms with Crippen LogP contribution in [0.3, 0.4) is 0 Å². The number of aromatic nitrogens is 4. The molecule has 0 bridgehead atoms. The summed E-state index contributed by atoms with van der Waals surface area (Å²) in [6.07, 6.45) is 3.58. The Morgan fingerprint density at radius 2 is 2.40 bits per heavy atom. The third-order valence-electron chi connectivity index (χ3n) is 2.05. The number of rotatable bonds is 3. The first-order chi connectivity index (χ1) is 7.20. The molecular formula is C9H13N5O. The van der Waals surface area contributed by atoms with Gasteiger partial charge in [-0.3, -0.25) is 4.68 Å². The largest absolute Gasteiger partial charge is 0.337 e. The Labute approximate surface area is 87.1 Å². The highest BCUT2D eigenvalue weighted by atomic mass is 16.5. The fourth-order valence-electron chi connectivity index (χ4n) is 1.19. The molecule has 0 spiro atoms. The van der Waals surface area contributed by atoms with Crippen molar-refractivity contribution in [1.82, 2.24) is 19.9 Å². The lowest BCUT2D eigenvalue weighted by atomic mass is 10.3. The Bertz CT molecular complexity index is 445. The molecule has 0 radical (unpaired) electrons. The summed E-state index contributed by atoms with van der Waals surface area (Å²) >= 11 is 0. The molecule has 2 heterocycles. The second kappa shape index (κ2) is 3.82. The summed E-state index contributed by atoms with van der Waals surface area (Å²) in [5.74, 6) is 0.969. The lowest BCUT2D eigenvalue weighted by Crippen LogP contribution is -2.04. The monoisotopic (exact) mass is 207 g/mol. The van der Waals surface area contributed by atoms with Crippen LogP contribution in [0.25, 0.3) is 11.4 Å². The normalized spacial score (nSPS) is 13.0. The first-order valence-corrected chi connectivity index (χ1v) is 4.82. The van der Waals surface area contributed by atoms with Crippen molar-refractivity contribution in [1.29, 1.82) is 0 Å². The van der Waals surface area contributed by atoms with Gasteiger partial charge in [-0.1, -0.05) is 5.16 Å². The molecule has 80 valence electrons. The molecule has 6 heteroatoms. The van der Waals surface area contributed by atoms with Gasteiger partial charge in [0.05, 0.1) is 17.8 Å². The molecule has 0 amide bonds. The molecule has 0 aliphatic rings. The fraction of sp³-hybridized carbons (Fsp3) is 0.444. The fourth-order valence-corrected chi connectivity index (χ4v) is 1.19. The number of nitrogens with zero attached hydrogens (tertiary/aromatic N) is 4. The van der Waals surface area contributed by atoms with Gasteiger partial charge in [0.1, 0.15) is 0 Å². The second-order valence-electron chi connectivity index (χ2n) is 3.33. The van der Waals surface area contributed by atoms with Gasteiger partial charge in [-0.2, -0.15) is 10.1 Å². The molecule has 2 aromatic rings. The third kappa shape index (κ3) is 1.89. The summed E-state index contributed by atoms with van der Waals surface area (Å²) < 4.78 is 6.80. The summed E-state index contributed by atoms with van der Waals surface area (Å²) in [5.41, 5.74) is 6.46. The molecule has 0 saturated heterocycles. The summed E-state index contributed by atoms with van der Waals surface area (Å²) in [7, 11) is 0. The standard InChI is InChI=1S/C9H13N5O/c1-3-14-5-7(4-11-14)8-12-9(6(2)10)15-13-8/h4-6H,3,10H2,1-2H3/t6-/m0/s1. The first kappa shape index (κ1) is 9.85. The molecule has 2 N–H and O–H groups in total. The molecule has 0 unspecified atom stereocenters. The van der Waals surface area contributed by atoms with E-state index in [-0.39, 0.29) is 6.04 Å². The Kier molecular flexibility index (Phi) is 2.51. The molecule has 6 nitrogen and oxygen atoms in total. The minimum Gasteiger partial charge on any atom is -0.337 e. The maximum atomic E-state index is 5.62. The van der Waals surface area contributed by atoms with Gasteiger partial charge >= 0.3 is 0 Å². The molecule has 2 aromatic heterocycles. The van der Waals surface area contributed by atoms with Gasteiger partial charge in [-0.05, 0) is 13.8 Å². The molecule has 0 saturated carbocycles. The van der Waals surface area contributed by atoms with Crippen LogP contribution in [-0.4, -0.2) is 19.9 Å². The lowest BCUT2D eigenvalue weighted by molar-refractivity contribution is 0.362. The van der Waals surface area contributed by atoms with E-state index in [2.05, 4.69) is 15.2 Å². The molecule has 0 aromatic carbocycles. The van der Waals surface area contributed by atoms with Gasteiger partial charge in [0.15, 0.2) is 0 Å². The predicted molar refractivity (Wildman–Crippen MR) is 53.8 cm³/mol. The maximum absolute atomic E-state index is 5.62. The highest BCUT2D eigenvalue weighted by molar-refractivity contribution is 5.51. The van der Waals surface area contributed by atoms with Crippen LogP contribution in [0.5, 0.6) is 0 Å². The summed E-state index contributed by atoms with van der Waals surface area (Å²) in [4.78, 5) is 4.17. The van der Waals surface area contributed by atoms with Crippen LogP contribution in [0, 0.1) is 0 Å². The van der Waals surface area contributed by atoms with E-state index in [1.54, 1.807) is 17.8 Å². The van der Waals surface area contributed by atoms with Crippen LogP contribution < -0.4 is 5.73 Å². The third-order valence-corrected chi connectivity index (χ3v) is 2.05. The number of hydrogen-bond donors (Lipinski definition) is 1. The molecule has 15 heavy (non-hydrogen) atoms. The van der Waals surface area contributed by atoms with Crippen molar-refractivity contribution in [3.05, 3.63) is 18.3 Å². The topological polar surface area (TPSA) is 82.8 Å². The quantitative estimate of drug-likeness (QED) is 0.810. The highest BCUT2D eigenvalue weighted by Crippen LogP contribution is 2.16. The van der Waals surface area contributed by atoms with Crippen molar-refractivity contribution in [3.63, 3.8) is 0 Å². The van der Waals surface area contributed by atoms with Crippen LogP contribution in [-0.2, 0) is 6.54 Å². The Morgan fingerprint density at radius 3 is 2.93 bits per heavy atom. The van der Waals surface area contributed by atoms with Crippen molar-refractivity contribution in [2.75, 3.05) is 0 Å². The number of aryl methyl sites for hydroxylation is 1. The Balaban J connectivity index is 2.28. The van der Waals surface area contributed by atoms with Crippen molar-refractivity contribution >= 4 is 0 Å². The van der Waals surface area contributed by atoms with Gasteiger partial charge in [0, 0.05) is 12.7 Å². The van der Waals surface area contributed by atoms with E-state index in [0.717, 1.165) is 12.1 Å². The van der Waals surface area contributed by atoms with Crippen LogP contribution in [0.4, 0.5) is 0 Å². The van der Waals surface area contributed by atoms with E-state index in [1.165, 1.54) is 0 Å². The molecule has 1 atom stereocenters. The molecule has 0 aliphatic carbocycles. The van der Waals surface area contributed by atoms with Gasteiger partial charge < -0.3 is 10.3 Å². The zero-order valence-electron chi connectivity index (χ0n) is 8.71. The highest BCUT2D eigenvalue weighted by Gasteiger charge is 2.12. The van der Waals surface area contributed by atoms with Gasteiger partial charge in [-0.25, -0.2) is 0 Å². The van der Waals surface area contributed by atoms with Gasteiger partial charge in [0.25, 0.3) is 0 Å². The van der Waals surface area contributed by atoms with Crippen LogP contribution in [0.2, 0.25) is 0 Å². The van der Waals surface area contributed by atoms with Crippen LogP contribution in [0.15, 0.2) is 16.9 Å². The minimum atomic E-state index is -0.243. The van der Waals surface area contributed by atoms with Gasteiger partial charge in [0.2, 0.25) is 11.7 Å². The summed E-state index contributed by atoms with van der Waals surface area (Å²) in [6, 6.07) is -0.243. The lowest BCUT2D eigenvalue weighted by Gasteiger charge is -1.92. The smallest absolute Gasteiger partial charge is 0.243 e. The predicted octanol–water partition coefficient (Wildman–Crippen LogP) is 0.973. The van der Waals surface area contributed by atoms with Crippen molar-refractivity contribution in [2.24, 2.45) is 5.73 Å².